The molecule has 0 atom stereocenters. The largest absolute Gasteiger partial charge is 0.508 e. The zero-order valence-electron chi connectivity index (χ0n) is 18.8. The van der Waals surface area contributed by atoms with Crippen LogP contribution in [0.2, 0.25) is 0 Å². The second-order valence-corrected chi connectivity index (χ2v) is 7.90. The maximum absolute atomic E-state index is 8.92. The topological polar surface area (TPSA) is 104 Å². The van der Waals surface area contributed by atoms with E-state index in [0.717, 1.165) is 10.6 Å². The Hall–Kier alpha value is -3.62. The average Bonchev–Trinajstić information content (AvgIpc) is 2.81. The van der Waals surface area contributed by atoms with Crippen LogP contribution in [-0.4, -0.2) is 39.6 Å². The number of anilines is 1. The van der Waals surface area contributed by atoms with Crippen molar-refractivity contribution in [1.29, 1.82) is 0 Å². The minimum Gasteiger partial charge on any atom is -0.508 e. The fourth-order valence-corrected chi connectivity index (χ4v) is 2.44. The van der Waals surface area contributed by atoms with Crippen molar-refractivity contribution in [2.24, 2.45) is 0 Å². The quantitative estimate of drug-likeness (QED) is 0.130. The summed E-state index contributed by atoms with van der Waals surface area (Å²) in [5, 5.41) is 43.8. The first-order chi connectivity index (χ1) is 16.1. The standard InChI is InChI=1S/C8H11NO.C6H6O2.2C6H6OS/c1-9(2)7-3-5-8(10)6-4-7;7-5-3-1-2-4-6(5)8;7-5-1-3-6(8)4-2-5;7-5-3-1-2-4-6(5)8/h3-6,10H,1-2H3;3*1-4,7-8H. The van der Waals surface area contributed by atoms with Gasteiger partial charge in [-0.15, -0.1) is 25.3 Å². The van der Waals surface area contributed by atoms with Crippen LogP contribution in [0.5, 0.6) is 28.7 Å². The Bertz CT molecular complexity index is 998. The van der Waals surface area contributed by atoms with Crippen LogP contribution < -0.4 is 4.90 Å². The van der Waals surface area contributed by atoms with Crippen molar-refractivity contribution in [1.82, 2.24) is 0 Å². The maximum Gasteiger partial charge on any atom is 0.157 e. The molecule has 34 heavy (non-hydrogen) atoms. The first-order valence-corrected chi connectivity index (χ1v) is 10.9. The summed E-state index contributed by atoms with van der Waals surface area (Å²) in [7, 11) is 3.93. The summed E-state index contributed by atoms with van der Waals surface area (Å²) in [5.41, 5.74) is 1.10. The molecule has 4 rings (SSSR count). The summed E-state index contributed by atoms with van der Waals surface area (Å²) in [4.78, 5) is 3.47. The Morgan fingerprint density at radius 1 is 0.500 bits per heavy atom. The first-order valence-electron chi connectivity index (χ1n) is 9.98. The summed E-state index contributed by atoms with van der Waals surface area (Å²) in [6, 6.07) is 26.8. The molecule has 0 fully saturated rings. The molecule has 180 valence electrons. The number of nitrogens with zero attached hydrogens (tertiary/aromatic N) is 1. The predicted octanol–water partition coefficient (Wildman–Crippen LogP) is 5.92. The molecular formula is C26H29NO5S2. The molecule has 6 nitrogen and oxygen atoms in total. The summed E-state index contributed by atoms with van der Waals surface area (Å²) in [5.74, 6) is 0.671. The maximum atomic E-state index is 8.92. The van der Waals surface area contributed by atoms with Crippen LogP contribution in [-0.2, 0) is 0 Å². The van der Waals surface area contributed by atoms with E-state index in [-0.39, 0.29) is 23.0 Å². The average molecular weight is 500 g/mol. The minimum atomic E-state index is -0.0764. The van der Waals surface area contributed by atoms with Crippen molar-refractivity contribution in [2.45, 2.75) is 9.79 Å². The number of phenolic OH excluding ortho intramolecular Hbond substituents is 5. The summed E-state index contributed by atoms with van der Waals surface area (Å²) < 4.78 is 0. The van der Waals surface area contributed by atoms with E-state index in [1.807, 2.05) is 37.2 Å². The van der Waals surface area contributed by atoms with E-state index < -0.39 is 0 Å². The third-order valence-corrected chi connectivity index (χ3v) is 4.66. The second-order valence-electron chi connectivity index (χ2n) is 6.90. The highest BCUT2D eigenvalue weighted by atomic mass is 32.1. The smallest absolute Gasteiger partial charge is 0.157 e. The Labute approximate surface area is 210 Å². The van der Waals surface area contributed by atoms with Gasteiger partial charge in [0.2, 0.25) is 0 Å². The second kappa shape index (κ2) is 15.3. The molecule has 4 aromatic rings. The van der Waals surface area contributed by atoms with E-state index >= 15 is 0 Å². The number of hydrogen-bond acceptors (Lipinski definition) is 8. The molecule has 0 aromatic heterocycles. The summed E-state index contributed by atoms with van der Waals surface area (Å²) >= 11 is 7.97. The Balaban J connectivity index is 0.000000228. The summed E-state index contributed by atoms with van der Waals surface area (Å²) in [6.07, 6.45) is 0. The number of hydrogen-bond donors (Lipinski definition) is 7. The van der Waals surface area contributed by atoms with Gasteiger partial charge in [-0.25, -0.2) is 0 Å². The van der Waals surface area contributed by atoms with Crippen LogP contribution in [0.3, 0.4) is 0 Å². The molecule has 8 heteroatoms. The van der Waals surface area contributed by atoms with Gasteiger partial charge in [0.05, 0.1) is 0 Å². The van der Waals surface area contributed by atoms with Gasteiger partial charge in [0.25, 0.3) is 0 Å². The molecule has 0 bridgehead atoms. The number of aromatic hydroxyl groups is 5. The zero-order valence-corrected chi connectivity index (χ0v) is 20.6. The third-order valence-electron chi connectivity index (χ3n) is 3.98. The summed E-state index contributed by atoms with van der Waals surface area (Å²) in [6.45, 7) is 0. The van der Waals surface area contributed by atoms with E-state index in [2.05, 4.69) is 25.3 Å². The molecule has 0 unspecified atom stereocenters. The number of para-hydroxylation sites is 3. The van der Waals surface area contributed by atoms with Gasteiger partial charge < -0.3 is 30.4 Å². The van der Waals surface area contributed by atoms with Crippen molar-refractivity contribution in [2.75, 3.05) is 19.0 Å². The molecule has 0 saturated heterocycles. The van der Waals surface area contributed by atoms with Crippen LogP contribution >= 0.6 is 25.3 Å². The fraction of sp³-hybridized carbons (Fsp3) is 0.0769. The molecule has 0 saturated carbocycles. The molecule has 0 aliphatic carbocycles. The SMILES string of the molecule is CN(C)c1ccc(O)cc1.Oc1ccc(S)cc1.Oc1ccccc1O.Oc1ccccc1S. The highest BCUT2D eigenvalue weighted by Gasteiger charge is 1.92. The predicted molar refractivity (Wildman–Crippen MR) is 143 cm³/mol. The number of thiol groups is 2. The zero-order chi connectivity index (χ0) is 25.5. The molecule has 4 aromatic carbocycles. The highest BCUT2D eigenvalue weighted by molar-refractivity contribution is 7.80. The number of phenols is 5. The Morgan fingerprint density at radius 2 is 0.882 bits per heavy atom. The van der Waals surface area contributed by atoms with E-state index in [1.54, 1.807) is 66.7 Å². The van der Waals surface area contributed by atoms with Crippen molar-refractivity contribution in [3.05, 3.63) is 97.1 Å². The van der Waals surface area contributed by atoms with Gasteiger partial charge in [-0.1, -0.05) is 24.3 Å². The number of benzene rings is 4. The Morgan fingerprint density at radius 3 is 1.18 bits per heavy atom. The molecule has 0 aliphatic heterocycles. The molecule has 0 radical (unpaired) electrons. The van der Waals surface area contributed by atoms with Gasteiger partial charge in [-0.05, 0) is 72.8 Å². The van der Waals surface area contributed by atoms with Crippen molar-refractivity contribution >= 4 is 30.9 Å². The highest BCUT2D eigenvalue weighted by Crippen LogP contribution is 2.21. The first kappa shape index (κ1) is 28.4. The molecular weight excluding hydrogens is 470 g/mol. The lowest BCUT2D eigenvalue weighted by Gasteiger charge is -2.11. The van der Waals surface area contributed by atoms with Gasteiger partial charge in [0.15, 0.2) is 11.5 Å². The van der Waals surface area contributed by atoms with Crippen LogP contribution in [0.15, 0.2) is 107 Å². The molecule has 5 N–H and O–H groups in total. The lowest BCUT2D eigenvalue weighted by Crippen LogP contribution is -2.07. The lowest BCUT2D eigenvalue weighted by molar-refractivity contribution is 0.404. The third kappa shape index (κ3) is 11.8. The van der Waals surface area contributed by atoms with Crippen molar-refractivity contribution in [3.8, 4) is 28.7 Å². The Kier molecular flexibility index (Phi) is 12.8. The van der Waals surface area contributed by atoms with Gasteiger partial charge in [0.1, 0.15) is 17.2 Å². The monoisotopic (exact) mass is 499 g/mol. The lowest BCUT2D eigenvalue weighted by atomic mass is 10.3. The van der Waals surface area contributed by atoms with Crippen LogP contribution in [0.4, 0.5) is 5.69 Å². The van der Waals surface area contributed by atoms with Crippen LogP contribution in [0.25, 0.3) is 0 Å². The van der Waals surface area contributed by atoms with Crippen molar-refractivity contribution < 1.29 is 25.5 Å². The number of rotatable bonds is 1. The van der Waals surface area contributed by atoms with E-state index in [9.17, 15) is 0 Å². The van der Waals surface area contributed by atoms with E-state index in [4.69, 9.17) is 25.5 Å². The van der Waals surface area contributed by atoms with Gasteiger partial charge in [0, 0.05) is 29.6 Å². The molecule has 0 heterocycles. The minimum absolute atomic E-state index is 0.0764. The normalized spacial score (nSPS) is 9.18. The molecule has 0 spiro atoms. The van der Waals surface area contributed by atoms with Crippen LogP contribution in [0.1, 0.15) is 0 Å². The fourth-order valence-electron chi connectivity index (χ4n) is 2.13. The van der Waals surface area contributed by atoms with Crippen molar-refractivity contribution in [3.63, 3.8) is 0 Å². The van der Waals surface area contributed by atoms with Crippen LogP contribution in [0, 0.1) is 0 Å². The molecule has 0 amide bonds. The van der Waals surface area contributed by atoms with Gasteiger partial charge in [-0.3, -0.25) is 0 Å². The van der Waals surface area contributed by atoms with E-state index in [0.29, 0.717) is 10.6 Å². The van der Waals surface area contributed by atoms with Gasteiger partial charge >= 0.3 is 0 Å². The van der Waals surface area contributed by atoms with E-state index in [1.165, 1.54) is 12.1 Å². The molecule has 0 aliphatic rings. The van der Waals surface area contributed by atoms with Gasteiger partial charge in [-0.2, -0.15) is 0 Å².